The summed E-state index contributed by atoms with van der Waals surface area (Å²) in [5, 5.41) is 16.9. The predicted molar refractivity (Wildman–Crippen MR) is 196 cm³/mol. The Bertz CT molecular complexity index is 2190. The first kappa shape index (κ1) is 37.8. The van der Waals surface area contributed by atoms with Crippen LogP contribution in [-0.2, 0) is 26.1 Å². The molecule has 53 heavy (non-hydrogen) atoms. The molecule has 2 aromatic heterocycles. The van der Waals surface area contributed by atoms with Gasteiger partial charge in [-0.15, -0.1) is 11.3 Å². The standard InChI is InChI=1S/C38H38F2N4O7S2/c1-51-37(48)43-34(33(26-8-4-2-5-9-26)27-10-6-3-7-11-27)36(47)42-21-28-13-15-32(52-28)31(23-45)44(22-24-19-38(39,40)20-24)53(49,50)29-14-12-25-16-17-41-35(46)30(25)18-29/h2-18,24,31,33-34,45H,19-23H2,1H3,(H,41,46)(H,42,47)(H,43,48)/t31-,34?/m1/s1. The third kappa shape index (κ3) is 8.49. The monoisotopic (exact) mass is 764 g/mol. The average molecular weight is 765 g/mol. The number of hydrogen-bond acceptors (Lipinski definition) is 8. The zero-order valence-electron chi connectivity index (χ0n) is 28.6. The SMILES string of the molecule is COC(=O)NC(C(=O)NCc1ccc([C@@H](CO)N(CC2CC(F)(F)C2)S(=O)(=O)c2ccc3cc[nH]c(=O)c3c2)s1)C(c1ccccc1)c1ccccc1. The zero-order chi connectivity index (χ0) is 37.8. The van der Waals surface area contributed by atoms with Crippen LogP contribution in [0.4, 0.5) is 13.6 Å². The van der Waals surface area contributed by atoms with Gasteiger partial charge in [0.15, 0.2) is 0 Å². The van der Waals surface area contributed by atoms with Gasteiger partial charge in [-0.3, -0.25) is 9.59 Å². The molecule has 0 aliphatic heterocycles. The molecule has 6 rings (SSSR count). The number of fused-ring (bicyclic) bond motifs is 1. The van der Waals surface area contributed by atoms with Gasteiger partial charge < -0.3 is 25.5 Å². The van der Waals surface area contributed by atoms with Crippen LogP contribution in [0.2, 0.25) is 0 Å². The Kier molecular flexibility index (Phi) is 11.4. The second-order valence-corrected chi connectivity index (χ2v) is 16.0. The van der Waals surface area contributed by atoms with Crippen LogP contribution >= 0.6 is 11.3 Å². The fourth-order valence-corrected chi connectivity index (χ4v) is 9.50. The predicted octanol–water partition coefficient (Wildman–Crippen LogP) is 5.53. The number of ether oxygens (including phenoxy) is 1. The number of halogens is 2. The number of benzene rings is 3. The molecule has 15 heteroatoms. The van der Waals surface area contributed by atoms with E-state index in [4.69, 9.17) is 4.74 Å². The number of aromatic nitrogens is 1. The van der Waals surface area contributed by atoms with Crippen molar-refractivity contribution in [2.45, 2.75) is 48.2 Å². The molecular weight excluding hydrogens is 727 g/mol. The molecule has 2 amide bonds. The smallest absolute Gasteiger partial charge is 0.407 e. The molecule has 2 atom stereocenters. The molecule has 11 nitrogen and oxygen atoms in total. The van der Waals surface area contributed by atoms with E-state index in [-0.39, 0.29) is 23.4 Å². The van der Waals surface area contributed by atoms with Crippen LogP contribution in [-0.4, -0.2) is 67.0 Å². The van der Waals surface area contributed by atoms with E-state index in [1.807, 2.05) is 60.7 Å². The maximum Gasteiger partial charge on any atom is 0.407 e. The molecule has 0 saturated heterocycles. The van der Waals surface area contributed by atoms with Crippen molar-refractivity contribution in [2.24, 2.45) is 5.92 Å². The Balaban J connectivity index is 1.27. The first-order valence-corrected chi connectivity index (χ1v) is 19.1. The Morgan fingerprint density at radius 1 is 1.00 bits per heavy atom. The number of nitrogens with one attached hydrogen (secondary N) is 3. The number of sulfonamides is 1. The Hall–Kier alpha value is -4.96. The number of hydrogen-bond donors (Lipinski definition) is 4. The number of aliphatic hydroxyl groups excluding tert-OH is 1. The summed E-state index contributed by atoms with van der Waals surface area (Å²) >= 11 is 1.14. The second kappa shape index (κ2) is 16.0. The number of aromatic amines is 1. The number of aliphatic hydroxyl groups is 1. The van der Waals surface area contributed by atoms with Crippen LogP contribution in [0.15, 0.2) is 113 Å². The number of carbonyl (C=O) groups excluding carboxylic acids is 2. The molecule has 1 aliphatic carbocycles. The highest BCUT2D eigenvalue weighted by atomic mass is 32.2. The van der Waals surface area contributed by atoms with Crippen LogP contribution in [0, 0.1) is 5.92 Å². The molecule has 2 heterocycles. The molecule has 278 valence electrons. The van der Waals surface area contributed by atoms with Gasteiger partial charge in [0.1, 0.15) is 6.04 Å². The highest BCUT2D eigenvalue weighted by Crippen LogP contribution is 2.45. The molecule has 1 unspecified atom stereocenters. The Labute approximate surface area is 308 Å². The lowest BCUT2D eigenvalue weighted by Crippen LogP contribution is -2.50. The van der Waals surface area contributed by atoms with Gasteiger partial charge in [-0.25, -0.2) is 22.0 Å². The summed E-state index contributed by atoms with van der Waals surface area (Å²) in [6, 6.07) is 25.2. The number of nitrogens with zero attached hydrogens (tertiary/aromatic N) is 1. The van der Waals surface area contributed by atoms with Gasteiger partial charge in [0.05, 0.1) is 31.2 Å². The molecule has 0 spiro atoms. The number of H-pyrrole nitrogens is 1. The van der Waals surface area contributed by atoms with Crippen LogP contribution in [0.5, 0.6) is 0 Å². The number of amides is 2. The van der Waals surface area contributed by atoms with Gasteiger partial charge in [0.25, 0.3) is 5.56 Å². The average Bonchev–Trinajstić information content (AvgIpc) is 3.62. The van der Waals surface area contributed by atoms with E-state index in [9.17, 15) is 36.7 Å². The van der Waals surface area contributed by atoms with E-state index in [2.05, 4.69) is 15.6 Å². The minimum atomic E-state index is -4.42. The number of thiophene rings is 1. The van der Waals surface area contributed by atoms with Crippen LogP contribution < -0.4 is 16.2 Å². The molecule has 0 radical (unpaired) electrons. The lowest BCUT2D eigenvalue weighted by Gasteiger charge is -2.39. The lowest BCUT2D eigenvalue weighted by molar-refractivity contribution is -0.123. The van der Waals surface area contributed by atoms with E-state index >= 15 is 0 Å². The lowest BCUT2D eigenvalue weighted by atomic mass is 9.81. The van der Waals surface area contributed by atoms with Crippen molar-refractivity contribution in [2.75, 3.05) is 20.3 Å². The number of rotatable bonds is 14. The van der Waals surface area contributed by atoms with Crippen molar-refractivity contribution in [3.05, 3.63) is 134 Å². The summed E-state index contributed by atoms with van der Waals surface area (Å²) in [6.45, 7) is -0.951. The first-order chi connectivity index (χ1) is 25.4. The fraction of sp³-hybridized carbons (Fsp3) is 0.289. The summed E-state index contributed by atoms with van der Waals surface area (Å²) in [5.41, 5.74) is 1.07. The summed E-state index contributed by atoms with van der Waals surface area (Å²) in [7, 11) is -3.22. The quantitative estimate of drug-likeness (QED) is 0.116. The molecule has 1 aliphatic rings. The molecular formula is C38H38F2N4O7S2. The number of carbonyl (C=O) groups is 2. The summed E-state index contributed by atoms with van der Waals surface area (Å²) < 4.78 is 62.1. The maximum atomic E-state index is 14.2. The highest BCUT2D eigenvalue weighted by molar-refractivity contribution is 7.89. The maximum absolute atomic E-state index is 14.2. The van der Waals surface area contributed by atoms with Gasteiger partial charge in [-0.2, -0.15) is 4.31 Å². The molecule has 3 aromatic carbocycles. The van der Waals surface area contributed by atoms with Gasteiger partial charge >= 0.3 is 6.09 Å². The van der Waals surface area contributed by atoms with Gasteiger partial charge in [0, 0.05) is 46.6 Å². The van der Waals surface area contributed by atoms with Crippen molar-refractivity contribution in [1.82, 2.24) is 19.9 Å². The molecule has 0 bridgehead atoms. The van der Waals surface area contributed by atoms with Crippen molar-refractivity contribution in [1.29, 1.82) is 0 Å². The van der Waals surface area contributed by atoms with Crippen molar-refractivity contribution >= 4 is 44.1 Å². The normalized spacial score (nSPS) is 15.5. The molecule has 4 N–H and O–H groups in total. The van der Waals surface area contributed by atoms with E-state index in [0.29, 0.717) is 15.1 Å². The van der Waals surface area contributed by atoms with E-state index < -0.39 is 76.9 Å². The second-order valence-electron chi connectivity index (χ2n) is 12.9. The van der Waals surface area contributed by atoms with Crippen molar-refractivity contribution in [3.8, 4) is 0 Å². The van der Waals surface area contributed by atoms with Crippen molar-refractivity contribution < 1.29 is 36.6 Å². The van der Waals surface area contributed by atoms with Gasteiger partial charge in [-0.1, -0.05) is 66.7 Å². The number of methoxy groups -OCH3 is 1. The summed E-state index contributed by atoms with van der Waals surface area (Å²) in [6.07, 6.45) is -0.345. The molecule has 1 saturated carbocycles. The van der Waals surface area contributed by atoms with Crippen LogP contribution in [0.1, 0.15) is 45.7 Å². The van der Waals surface area contributed by atoms with Crippen LogP contribution in [0.3, 0.4) is 0 Å². The van der Waals surface area contributed by atoms with Gasteiger partial charge in [0.2, 0.25) is 21.9 Å². The fourth-order valence-electron chi connectivity index (χ4n) is 6.68. The zero-order valence-corrected chi connectivity index (χ0v) is 30.2. The molecule has 1 fully saturated rings. The first-order valence-electron chi connectivity index (χ1n) is 16.8. The number of alkyl halides is 2. The Morgan fingerprint density at radius 3 is 2.26 bits per heavy atom. The number of pyridine rings is 1. The van der Waals surface area contributed by atoms with E-state index in [1.54, 1.807) is 18.2 Å². The van der Waals surface area contributed by atoms with Crippen LogP contribution in [0.25, 0.3) is 10.8 Å². The van der Waals surface area contributed by atoms with E-state index in [0.717, 1.165) is 26.8 Å². The third-order valence-corrected chi connectivity index (χ3v) is 12.4. The number of alkyl carbamates (subject to hydrolysis) is 1. The van der Waals surface area contributed by atoms with Crippen molar-refractivity contribution in [3.63, 3.8) is 0 Å². The Morgan fingerprint density at radius 2 is 1.66 bits per heavy atom. The minimum Gasteiger partial charge on any atom is -0.453 e. The third-order valence-electron chi connectivity index (χ3n) is 9.33. The highest BCUT2D eigenvalue weighted by Gasteiger charge is 2.48. The van der Waals surface area contributed by atoms with Gasteiger partial charge in [-0.05, 0) is 52.8 Å². The topological polar surface area (TPSA) is 158 Å². The molecule has 5 aromatic rings. The van der Waals surface area contributed by atoms with E-state index in [1.165, 1.54) is 31.5 Å². The minimum absolute atomic E-state index is 0.00759. The largest absolute Gasteiger partial charge is 0.453 e. The summed E-state index contributed by atoms with van der Waals surface area (Å²) in [5.74, 6) is -4.65. The summed E-state index contributed by atoms with van der Waals surface area (Å²) in [4.78, 5) is 42.2.